The van der Waals surface area contributed by atoms with Crippen molar-refractivity contribution in [3.63, 3.8) is 0 Å². The molecule has 0 aliphatic carbocycles. The zero-order chi connectivity index (χ0) is 12.4. The van der Waals surface area contributed by atoms with Crippen LogP contribution in [-0.2, 0) is 13.2 Å². The van der Waals surface area contributed by atoms with E-state index in [2.05, 4.69) is 0 Å². The van der Waals surface area contributed by atoms with Crippen molar-refractivity contribution in [3.05, 3.63) is 23.5 Å². The third kappa shape index (κ3) is 1.83. The molecule has 1 heterocycles. The van der Waals surface area contributed by atoms with E-state index in [1.165, 1.54) is 14.2 Å². The van der Waals surface area contributed by atoms with Crippen molar-refractivity contribution in [2.75, 3.05) is 14.2 Å². The van der Waals surface area contributed by atoms with Crippen LogP contribution in [0.5, 0.6) is 11.5 Å². The first-order valence-corrected chi connectivity index (χ1v) is 5.13. The molecule has 0 aliphatic rings. The molecule has 0 amide bonds. The highest BCUT2D eigenvalue weighted by Gasteiger charge is 2.17. The third-order valence-corrected chi connectivity index (χ3v) is 2.60. The summed E-state index contributed by atoms with van der Waals surface area (Å²) in [6.45, 7) is -0.357. The third-order valence-electron chi connectivity index (χ3n) is 2.60. The minimum absolute atomic E-state index is 0.158. The van der Waals surface area contributed by atoms with Crippen molar-refractivity contribution in [2.45, 2.75) is 13.2 Å². The highest BCUT2D eigenvalue weighted by Crippen LogP contribution is 2.38. The van der Waals surface area contributed by atoms with Gasteiger partial charge in [-0.2, -0.15) is 0 Å². The summed E-state index contributed by atoms with van der Waals surface area (Å²) in [5, 5.41) is 19.0. The van der Waals surface area contributed by atoms with Gasteiger partial charge in [0.1, 0.15) is 18.1 Å². The largest absolute Gasteiger partial charge is 0.496 e. The van der Waals surface area contributed by atoms with Crippen LogP contribution in [-0.4, -0.2) is 24.4 Å². The lowest BCUT2D eigenvalue weighted by Crippen LogP contribution is -1.94. The van der Waals surface area contributed by atoms with Crippen LogP contribution < -0.4 is 9.47 Å². The molecule has 0 saturated carbocycles. The summed E-state index contributed by atoms with van der Waals surface area (Å²) in [5.74, 6) is 1.46. The summed E-state index contributed by atoms with van der Waals surface area (Å²) in [6.07, 6.45) is 0. The molecule has 0 spiro atoms. The van der Waals surface area contributed by atoms with Crippen molar-refractivity contribution in [2.24, 2.45) is 0 Å². The molecule has 92 valence electrons. The number of methoxy groups -OCH3 is 2. The topological polar surface area (TPSA) is 72.1 Å². The van der Waals surface area contributed by atoms with Crippen LogP contribution in [0, 0.1) is 0 Å². The summed E-state index contributed by atoms with van der Waals surface area (Å²) in [4.78, 5) is 0. The summed E-state index contributed by atoms with van der Waals surface area (Å²) in [6, 6.07) is 3.33. The monoisotopic (exact) mass is 238 g/mol. The first-order valence-electron chi connectivity index (χ1n) is 5.13. The molecule has 0 aliphatic heterocycles. The predicted molar refractivity (Wildman–Crippen MR) is 61.2 cm³/mol. The summed E-state index contributed by atoms with van der Waals surface area (Å²) in [7, 11) is 3.04. The fraction of sp³-hybridized carbons (Fsp3) is 0.333. The molecule has 0 bridgehead atoms. The molecule has 0 fully saturated rings. The van der Waals surface area contributed by atoms with E-state index in [0.29, 0.717) is 33.8 Å². The van der Waals surface area contributed by atoms with Gasteiger partial charge in [-0.3, -0.25) is 0 Å². The van der Waals surface area contributed by atoms with E-state index in [-0.39, 0.29) is 13.2 Å². The molecule has 5 heteroatoms. The number of benzene rings is 1. The van der Waals surface area contributed by atoms with Crippen LogP contribution >= 0.6 is 0 Å². The summed E-state index contributed by atoms with van der Waals surface area (Å²) < 4.78 is 15.9. The lowest BCUT2D eigenvalue weighted by molar-refractivity contribution is 0.250. The van der Waals surface area contributed by atoms with Gasteiger partial charge >= 0.3 is 0 Å². The van der Waals surface area contributed by atoms with Gasteiger partial charge in [0.2, 0.25) is 0 Å². The second-order valence-electron chi connectivity index (χ2n) is 3.54. The molecule has 2 rings (SSSR count). The molecular weight excluding hydrogens is 224 g/mol. The number of hydrogen-bond acceptors (Lipinski definition) is 5. The first-order chi connectivity index (χ1) is 8.24. The Labute approximate surface area is 98.2 Å². The average Bonchev–Trinajstić information content (AvgIpc) is 2.80. The molecule has 5 nitrogen and oxygen atoms in total. The molecule has 0 atom stereocenters. The first kappa shape index (κ1) is 11.8. The highest BCUT2D eigenvalue weighted by atomic mass is 16.5. The molecule has 1 aromatic heterocycles. The van der Waals surface area contributed by atoms with Crippen molar-refractivity contribution in [1.82, 2.24) is 0 Å². The van der Waals surface area contributed by atoms with E-state index in [1.54, 1.807) is 12.1 Å². The molecule has 17 heavy (non-hydrogen) atoms. The van der Waals surface area contributed by atoms with Gasteiger partial charge in [0.15, 0.2) is 11.3 Å². The SMILES string of the molecule is COc1c(CO)cc(OC)c2oc(CO)cc12. The Morgan fingerprint density at radius 1 is 1.12 bits per heavy atom. The van der Waals surface area contributed by atoms with Crippen LogP contribution in [0.25, 0.3) is 11.0 Å². The van der Waals surface area contributed by atoms with E-state index in [1.807, 2.05) is 0 Å². The van der Waals surface area contributed by atoms with Gasteiger partial charge in [0.05, 0.1) is 26.2 Å². The van der Waals surface area contributed by atoms with Crippen LogP contribution in [0.1, 0.15) is 11.3 Å². The predicted octanol–water partition coefficient (Wildman–Crippen LogP) is 1.43. The normalized spacial score (nSPS) is 10.8. The number of rotatable bonds is 4. The van der Waals surface area contributed by atoms with Gasteiger partial charge in [-0.1, -0.05) is 0 Å². The quantitative estimate of drug-likeness (QED) is 0.843. The van der Waals surface area contributed by atoms with Crippen LogP contribution in [0.15, 0.2) is 16.5 Å². The summed E-state index contributed by atoms with van der Waals surface area (Å²) in [5.41, 5.74) is 1.12. The second kappa shape index (κ2) is 4.65. The van der Waals surface area contributed by atoms with E-state index in [0.717, 1.165) is 0 Å². The molecule has 2 N–H and O–H groups in total. The molecule has 0 radical (unpaired) electrons. The number of aliphatic hydroxyl groups is 2. The number of fused-ring (bicyclic) bond motifs is 1. The Bertz CT molecular complexity index is 529. The van der Waals surface area contributed by atoms with Gasteiger partial charge in [0, 0.05) is 5.56 Å². The van der Waals surface area contributed by atoms with E-state index in [9.17, 15) is 5.11 Å². The Balaban J connectivity index is 2.78. The minimum Gasteiger partial charge on any atom is -0.496 e. The highest BCUT2D eigenvalue weighted by molar-refractivity contribution is 5.91. The van der Waals surface area contributed by atoms with Gasteiger partial charge in [-0.15, -0.1) is 0 Å². The van der Waals surface area contributed by atoms with E-state index >= 15 is 0 Å². The Morgan fingerprint density at radius 3 is 2.41 bits per heavy atom. The molecule has 1 aromatic carbocycles. The fourth-order valence-corrected chi connectivity index (χ4v) is 1.84. The van der Waals surface area contributed by atoms with Crippen LogP contribution in [0.2, 0.25) is 0 Å². The van der Waals surface area contributed by atoms with Crippen molar-refractivity contribution < 1.29 is 24.1 Å². The van der Waals surface area contributed by atoms with Gasteiger partial charge in [-0.25, -0.2) is 0 Å². The Kier molecular flexibility index (Phi) is 3.21. The zero-order valence-corrected chi connectivity index (χ0v) is 9.69. The van der Waals surface area contributed by atoms with Gasteiger partial charge in [0.25, 0.3) is 0 Å². The molecule has 0 unspecified atom stereocenters. The Hall–Kier alpha value is -1.72. The molecule has 0 saturated heterocycles. The fourth-order valence-electron chi connectivity index (χ4n) is 1.84. The average molecular weight is 238 g/mol. The lowest BCUT2D eigenvalue weighted by Gasteiger charge is -2.09. The van der Waals surface area contributed by atoms with Gasteiger partial charge < -0.3 is 24.1 Å². The maximum Gasteiger partial charge on any atom is 0.179 e. The van der Waals surface area contributed by atoms with Crippen molar-refractivity contribution in [1.29, 1.82) is 0 Å². The molecule has 2 aromatic rings. The zero-order valence-electron chi connectivity index (χ0n) is 9.69. The number of aliphatic hydroxyl groups excluding tert-OH is 2. The van der Waals surface area contributed by atoms with E-state index < -0.39 is 0 Å². The Morgan fingerprint density at radius 2 is 1.88 bits per heavy atom. The van der Waals surface area contributed by atoms with Gasteiger partial charge in [-0.05, 0) is 12.1 Å². The standard InChI is InChI=1S/C12H14O5/c1-15-10-3-7(5-13)11(16-2)9-4-8(6-14)17-12(9)10/h3-4,13-14H,5-6H2,1-2H3. The maximum absolute atomic E-state index is 9.28. The lowest BCUT2D eigenvalue weighted by atomic mass is 10.1. The number of furan rings is 1. The number of ether oxygens (including phenoxy) is 2. The van der Waals surface area contributed by atoms with Crippen molar-refractivity contribution in [3.8, 4) is 11.5 Å². The minimum atomic E-state index is -0.199. The number of hydrogen-bond donors (Lipinski definition) is 2. The smallest absolute Gasteiger partial charge is 0.179 e. The van der Waals surface area contributed by atoms with Crippen LogP contribution in [0.3, 0.4) is 0 Å². The maximum atomic E-state index is 9.28. The molecular formula is C12H14O5. The van der Waals surface area contributed by atoms with E-state index in [4.69, 9.17) is 19.0 Å². The summed E-state index contributed by atoms with van der Waals surface area (Å²) >= 11 is 0. The van der Waals surface area contributed by atoms with Crippen LogP contribution in [0.4, 0.5) is 0 Å². The second-order valence-corrected chi connectivity index (χ2v) is 3.54. The van der Waals surface area contributed by atoms with Crippen molar-refractivity contribution >= 4 is 11.0 Å².